The van der Waals surface area contributed by atoms with Gasteiger partial charge in [-0.15, -0.1) is 0 Å². The Labute approximate surface area is 174 Å². The van der Waals surface area contributed by atoms with Crippen LogP contribution in [-0.2, 0) is 9.53 Å². The van der Waals surface area contributed by atoms with Crippen molar-refractivity contribution < 1.29 is 14.6 Å². The van der Waals surface area contributed by atoms with Crippen molar-refractivity contribution in [2.24, 2.45) is 4.99 Å². The molecule has 2 aromatic rings. The lowest BCUT2D eigenvalue weighted by atomic mass is 10.2. The van der Waals surface area contributed by atoms with Gasteiger partial charge in [-0.3, -0.25) is 0 Å². The summed E-state index contributed by atoms with van der Waals surface area (Å²) in [5.74, 6) is -0.626. The molecule has 1 aliphatic heterocycles. The van der Waals surface area contributed by atoms with Crippen LogP contribution in [0.5, 0.6) is 0 Å². The lowest BCUT2D eigenvalue weighted by Crippen LogP contribution is -2.12. The zero-order chi connectivity index (χ0) is 20.5. The summed E-state index contributed by atoms with van der Waals surface area (Å²) in [5, 5.41) is 11.3. The first kappa shape index (κ1) is 19.6. The topological polar surface area (TPSA) is 63.8 Å². The summed E-state index contributed by atoms with van der Waals surface area (Å²) in [4.78, 5) is 17.7. The number of esters is 1. The van der Waals surface area contributed by atoms with Crippen LogP contribution in [0.1, 0.15) is 42.8 Å². The summed E-state index contributed by atoms with van der Waals surface area (Å²) in [6.45, 7) is 6.19. The Balaban J connectivity index is 1.75. The third-order valence-electron chi connectivity index (χ3n) is 5.08. The van der Waals surface area contributed by atoms with Gasteiger partial charge in [0.25, 0.3) is 0 Å². The van der Waals surface area contributed by atoms with Crippen LogP contribution in [0.15, 0.2) is 57.6 Å². The average Bonchev–Trinajstić information content (AvgIpc) is 3.42. The minimum absolute atomic E-state index is 0.0700. The highest BCUT2D eigenvalue weighted by molar-refractivity contribution is 8.18. The Morgan fingerprint density at radius 3 is 2.69 bits per heavy atom. The molecule has 0 saturated heterocycles. The average molecular weight is 409 g/mol. The Hall–Kier alpha value is -2.73. The number of carbonyl (C=O) groups excluding carboxylic acids is 1. The quantitative estimate of drug-likeness (QED) is 0.651. The predicted molar refractivity (Wildman–Crippen MR) is 118 cm³/mol. The fraction of sp³-hybridized carbons (Fsp3) is 0.304. The number of para-hydroxylation sites is 1. The third-order valence-corrected chi connectivity index (χ3v) is 6.10. The molecule has 2 heterocycles. The number of carbonyl (C=O) groups is 1. The van der Waals surface area contributed by atoms with Crippen molar-refractivity contribution >= 4 is 34.5 Å². The minimum Gasteiger partial charge on any atom is -0.506 e. The van der Waals surface area contributed by atoms with Gasteiger partial charge in [-0.25, -0.2) is 9.79 Å². The molecule has 0 bridgehead atoms. The van der Waals surface area contributed by atoms with E-state index in [4.69, 9.17) is 4.74 Å². The first-order chi connectivity index (χ1) is 14.0. The number of aromatic nitrogens is 1. The van der Waals surface area contributed by atoms with Gasteiger partial charge < -0.3 is 14.4 Å². The second-order valence-corrected chi connectivity index (χ2v) is 8.27. The lowest BCUT2D eigenvalue weighted by Gasteiger charge is -2.07. The van der Waals surface area contributed by atoms with Crippen molar-refractivity contribution in [3.05, 3.63) is 69.6 Å². The molecule has 4 rings (SSSR count). The number of aryl methyl sites for hydroxylation is 1. The maximum atomic E-state index is 12.5. The van der Waals surface area contributed by atoms with E-state index in [-0.39, 0.29) is 17.9 Å². The summed E-state index contributed by atoms with van der Waals surface area (Å²) in [5.41, 5.74) is 4.29. The van der Waals surface area contributed by atoms with Crippen LogP contribution in [0.2, 0.25) is 0 Å². The first-order valence-electron chi connectivity index (χ1n) is 9.82. The molecule has 6 heteroatoms. The molecular weight excluding hydrogens is 384 g/mol. The summed E-state index contributed by atoms with van der Waals surface area (Å²) in [6, 6.07) is 12.1. The highest BCUT2D eigenvalue weighted by Gasteiger charge is 2.34. The van der Waals surface area contributed by atoms with E-state index >= 15 is 0 Å². The van der Waals surface area contributed by atoms with Crippen molar-refractivity contribution in [2.75, 3.05) is 6.61 Å². The van der Waals surface area contributed by atoms with E-state index in [0.29, 0.717) is 16.0 Å². The second kappa shape index (κ2) is 7.95. The van der Waals surface area contributed by atoms with Crippen molar-refractivity contribution in [1.29, 1.82) is 0 Å². The van der Waals surface area contributed by atoms with Gasteiger partial charge >= 0.3 is 5.97 Å². The van der Waals surface area contributed by atoms with Gasteiger partial charge in [0.15, 0.2) is 0 Å². The molecule has 1 fully saturated rings. The number of hydrogen-bond donors (Lipinski definition) is 1. The molecule has 2 aliphatic rings. The molecule has 0 spiro atoms. The van der Waals surface area contributed by atoms with Crippen LogP contribution in [0.4, 0.5) is 5.69 Å². The number of aliphatic imine (C=N–C) groups is 1. The van der Waals surface area contributed by atoms with Crippen LogP contribution >= 0.6 is 11.8 Å². The van der Waals surface area contributed by atoms with Crippen molar-refractivity contribution in [3.63, 3.8) is 0 Å². The highest BCUT2D eigenvalue weighted by Crippen LogP contribution is 2.42. The van der Waals surface area contributed by atoms with Gasteiger partial charge in [0.05, 0.1) is 17.2 Å². The van der Waals surface area contributed by atoms with E-state index in [2.05, 4.69) is 29.5 Å². The second-order valence-electron chi connectivity index (χ2n) is 7.23. The summed E-state index contributed by atoms with van der Waals surface area (Å²) < 4.78 is 7.53. The number of aliphatic hydroxyl groups is 1. The normalized spacial score (nSPS) is 19.4. The van der Waals surface area contributed by atoms with Gasteiger partial charge in [-0.05, 0) is 63.5 Å². The lowest BCUT2D eigenvalue weighted by molar-refractivity contribution is -0.138. The van der Waals surface area contributed by atoms with Crippen LogP contribution in [0, 0.1) is 13.8 Å². The van der Waals surface area contributed by atoms with Crippen LogP contribution < -0.4 is 0 Å². The van der Waals surface area contributed by atoms with E-state index in [1.54, 1.807) is 6.92 Å². The summed E-state index contributed by atoms with van der Waals surface area (Å²) >= 11 is 1.30. The Kier molecular flexibility index (Phi) is 5.37. The van der Waals surface area contributed by atoms with Gasteiger partial charge in [0, 0.05) is 17.4 Å². The van der Waals surface area contributed by atoms with Gasteiger partial charge in [-0.2, -0.15) is 0 Å². The number of ether oxygens (including phenoxy) is 1. The van der Waals surface area contributed by atoms with Gasteiger partial charge in [0.1, 0.15) is 16.4 Å². The monoisotopic (exact) mass is 408 g/mol. The standard InChI is InChI=1S/C23H24N2O3S/c1-4-28-23(27)20-21(26)19(29-22(20)24-17-8-6-5-7-9-17)13-16-12-14(2)25(15(16)3)18-10-11-18/h5-9,12-13,18,26H,4,10-11H2,1-3H3/b19-13-,24-22?. The van der Waals surface area contributed by atoms with Gasteiger partial charge in [0.2, 0.25) is 0 Å². The number of nitrogens with zero attached hydrogens (tertiary/aromatic N) is 2. The molecule has 0 amide bonds. The number of aliphatic hydroxyl groups excluding tert-OH is 1. The Morgan fingerprint density at radius 1 is 1.31 bits per heavy atom. The summed E-state index contributed by atoms with van der Waals surface area (Å²) in [6.07, 6.45) is 4.37. The molecule has 150 valence electrons. The van der Waals surface area contributed by atoms with E-state index in [0.717, 1.165) is 11.3 Å². The fourth-order valence-electron chi connectivity index (χ4n) is 3.60. The maximum Gasteiger partial charge on any atom is 0.344 e. The van der Waals surface area contributed by atoms with Crippen molar-refractivity contribution in [1.82, 2.24) is 4.57 Å². The number of benzene rings is 1. The van der Waals surface area contributed by atoms with E-state index in [9.17, 15) is 9.90 Å². The number of rotatable bonds is 5. The number of thioether (sulfide) groups is 1. The highest BCUT2D eigenvalue weighted by atomic mass is 32.2. The molecule has 29 heavy (non-hydrogen) atoms. The third kappa shape index (κ3) is 3.90. The SMILES string of the molecule is CCOC(=O)C1=C(O)/C(=C/c2cc(C)n(C3CC3)c2C)SC1=Nc1ccccc1. The van der Waals surface area contributed by atoms with E-state index in [1.165, 1.54) is 36.0 Å². The van der Waals surface area contributed by atoms with Crippen molar-refractivity contribution in [2.45, 2.75) is 39.7 Å². The zero-order valence-corrected chi connectivity index (χ0v) is 17.6. The molecule has 5 nitrogen and oxygen atoms in total. The predicted octanol–water partition coefficient (Wildman–Crippen LogP) is 5.63. The van der Waals surface area contributed by atoms with Crippen LogP contribution in [0.25, 0.3) is 6.08 Å². The molecule has 1 N–H and O–H groups in total. The minimum atomic E-state index is -0.556. The largest absolute Gasteiger partial charge is 0.506 e. The summed E-state index contributed by atoms with van der Waals surface area (Å²) in [7, 11) is 0. The molecule has 1 aromatic carbocycles. The zero-order valence-electron chi connectivity index (χ0n) is 16.8. The molecule has 0 radical (unpaired) electrons. The van der Waals surface area contributed by atoms with Crippen LogP contribution in [0.3, 0.4) is 0 Å². The molecule has 0 unspecified atom stereocenters. The Bertz CT molecular complexity index is 1040. The maximum absolute atomic E-state index is 12.5. The van der Waals surface area contributed by atoms with Crippen molar-refractivity contribution in [3.8, 4) is 0 Å². The van der Waals surface area contributed by atoms with E-state index < -0.39 is 5.97 Å². The first-order valence-corrected chi connectivity index (χ1v) is 10.6. The molecule has 1 aromatic heterocycles. The number of hydrogen-bond acceptors (Lipinski definition) is 5. The molecule has 1 aliphatic carbocycles. The van der Waals surface area contributed by atoms with E-state index in [1.807, 2.05) is 36.4 Å². The molecular formula is C23H24N2O3S. The Morgan fingerprint density at radius 2 is 2.03 bits per heavy atom. The van der Waals surface area contributed by atoms with Crippen LogP contribution in [-0.4, -0.2) is 27.3 Å². The fourth-order valence-corrected chi connectivity index (χ4v) is 4.62. The van der Waals surface area contributed by atoms with Gasteiger partial charge in [-0.1, -0.05) is 30.0 Å². The molecule has 0 atom stereocenters. The smallest absolute Gasteiger partial charge is 0.344 e. The molecule has 1 saturated carbocycles.